The first-order chi connectivity index (χ1) is 13.4. The zero-order valence-electron chi connectivity index (χ0n) is 15.2. The van der Waals surface area contributed by atoms with Crippen LogP contribution in [0.4, 0.5) is 0 Å². The minimum atomic E-state index is -0.617. The van der Waals surface area contributed by atoms with E-state index in [0.717, 1.165) is 0 Å². The van der Waals surface area contributed by atoms with Crippen LogP contribution in [0.15, 0.2) is 40.1 Å². The van der Waals surface area contributed by atoms with Crippen LogP contribution in [0.2, 0.25) is 0 Å². The Morgan fingerprint density at radius 2 is 1.79 bits per heavy atom. The van der Waals surface area contributed by atoms with Gasteiger partial charge in [-0.15, -0.1) is 0 Å². The highest BCUT2D eigenvalue weighted by Crippen LogP contribution is 2.32. The summed E-state index contributed by atoms with van der Waals surface area (Å²) in [4.78, 5) is 33.3. The number of rotatable bonds is 6. The fourth-order valence-corrected chi connectivity index (χ4v) is 3.09. The van der Waals surface area contributed by atoms with Crippen molar-refractivity contribution in [2.45, 2.75) is 19.3 Å². The molecule has 1 aromatic heterocycles. The molecule has 2 aromatic rings. The largest absolute Gasteiger partial charge is 0.511 e. The maximum absolute atomic E-state index is 13.0. The van der Waals surface area contributed by atoms with E-state index in [9.17, 15) is 14.7 Å². The minimum Gasteiger partial charge on any atom is -0.511 e. The monoisotopic (exact) mass is 448 g/mol. The van der Waals surface area contributed by atoms with Crippen molar-refractivity contribution in [1.29, 1.82) is 0 Å². The Kier molecular flexibility index (Phi) is 5.93. The molecule has 28 heavy (non-hydrogen) atoms. The number of carbonyl (C=O) groups is 2. The van der Waals surface area contributed by atoms with Crippen LogP contribution in [0.5, 0.6) is 23.5 Å². The number of ether oxygens (including phenoxy) is 3. The van der Waals surface area contributed by atoms with E-state index in [1.165, 1.54) is 32.4 Å². The molecule has 0 unspecified atom stereocenters. The van der Waals surface area contributed by atoms with E-state index in [4.69, 9.17) is 14.2 Å². The number of methoxy groups -OCH3 is 2. The molecule has 0 bridgehead atoms. The molecule has 1 heterocycles. The number of carbonyl (C=O) groups excluding carboxylic acids is 2. The predicted molar refractivity (Wildman–Crippen MR) is 102 cm³/mol. The van der Waals surface area contributed by atoms with E-state index in [0.29, 0.717) is 10.9 Å². The average Bonchev–Trinajstić information content (AvgIpc) is 2.68. The Labute approximate surface area is 169 Å². The van der Waals surface area contributed by atoms with E-state index in [2.05, 4.69) is 25.9 Å². The summed E-state index contributed by atoms with van der Waals surface area (Å²) < 4.78 is 16.5. The number of hydrogen-bond acceptors (Lipinski definition) is 8. The third kappa shape index (κ3) is 4.14. The van der Waals surface area contributed by atoms with Crippen molar-refractivity contribution in [1.82, 2.24) is 9.97 Å². The molecular weight excluding hydrogens is 432 g/mol. The summed E-state index contributed by atoms with van der Waals surface area (Å²) in [6.45, 7) is 0. The third-order valence-corrected chi connectivity index (χ3v) is 4.57. The molecule has 0 amide bonds. The lowest BCUT2D eigenvalue weighted by Gasteiger charge is -2.16. The first-order valence-corrected chi connectivity index (χ1v) is 9.16. The van der Waals surface area contributed by atoms with Gasteiger partial charge in [-0.25, -0.2) is 0 Å². The van der Waals surface area contributed by atoms with Gasteiger partial charge in [0.2, 0.25) is 17.5 Å². The van der Waals surface area contributed by atoms with Crippen LogP contribution in [-0.4, -0.2) is 40.9 Å². The molecule has 0 saturated heterocycles. The van der Waals surface area contributed by atoms with Crippen LogP contribution in [0.25, 0.3) is 0 Å². The highest BCUT2D eigenvalue weighted by Gasteiger charge is 2.29. The van der Waals surface area contributed by atoms with E-state index in [1.54, 1.807) is 6.07 Å². The summed E-state index contributed by atoms with van der Waals surface area (Å²) in [5, 5.41) is 10.1. The second-order valence-corrected chi connectivity index (χ2v) is 6.82. The Morgan fingerprint density at radius 3 is 2.39 bits per heavy atom. The lowest BCUT2D eigenvalue weighted by atomic mass is 9.90. The summed E-state index contributed by atoms with van der Waals surface area (Å²) in [6, 6.07) is 6.10. The van der Waals surface area contributed by atoms with Crippen molar-refractivity contribution >= 4 is 27.5 Å². The molecule has 1 aliphatic carbocycles. The number of hydrogen-bond donors (Lipinski definition) is 1. The number of aromatic nitrogens is 2. The summed E-state index contributed by atoms with van der Waals surface area (Å²) in [5.41, 5.74) is -0.116. The summed E-state index contributed by atoms with van der Waals surface area (Å²) in [5.74, 6) is -0.648. The zero-order valence-corrected chi connectivity index (χ0v) is 16.8. The Balaban J connectivity index is 2.03. The molecule has 146 valence electrons. The number of aliphatic hydroxyl groups excluding tert-OH is 1. The number of allylic oxidation sites excluding steroid dienone is 2. The Bertz CT molecular complexity index is 951. The van der Waals surface area contributed by atoms with Gasteiger partial charge in [-0.2, -0.15) is 9.97 Å². The first kappa shape index (κ1) is 19.8. The Morgan fingerprint density at radius 1 is 1.11 bits per heavy atom. The van der Waals surface area contributed by atoms with Crippen molar-refractivity contribution in [3.63, 3.8) is 0 Å². The fourth-order valence-electron chi connectivity index (χ4n) is 2.73. The van der Waals surface area contributed by atoms with Gasteiger partial charge < -0.3 is 19.3 Å². The van der Waals surface area contributed by atoms with Crippen molar-refractivity contribution < 1.29 is 28.9 Å². The molecule has 3 rings (SSSR count). The number of halogens is 1. The van der Waals surface area contributed by atoms with Gasteiger partial charge in [0, 0.05) is 17.3 Å². The van der Waals surface area contributed by atoms with Crippen LogP contribution in [0.1, 0.15) is 29.6 Å². The topological polar surface area (TPSA) is 108 Å². The van der Waals surface area contributed by atoms with Crippen LogP contribution < -0.4 is 14.2 Å². The minimum absolute atomic E-state index is 0.0940. The second kappa shape index (κ2) is 8.39. The highest BCUT2D eigenvalue weighted by molar-refractivity contribution is 9.10. The normalized spacial score (nSPS) is 14.0. The quantitative estimate of drug-likeness (QED) is 0.524. The summed E-state index contributed by atoms with van der Waals surface area (Å²) >= 11 is 3.31. The smallest absolute Gasteiger partial charge is 0.328 e. The van der Waals surface area contributed by atoms with Crippen LogP contribution in [-0.2, 0) is 4.79 Å². The lowest BCUT2D eigenvalue weighted by molar-refractivity contribution is -0.116. The SMILES string of the molecule is COc1cc(OC)nc(Oc2ccc(Br)cc2C(=O)C2=C(O)CCCC2=O)n1. The van der Waals surface area contributed by atoms with Gasteiger partial charge >= 0.3 is 6.01 Å². The average molecular weight is 449 g/mol. The van der Waals surface area contributed by atoms with Gasteiger partial charge in [-0.3, -0.25) is 9.59 Å². The van der Waals surface area contributed by atoms with E-state index < -0.39 is 5.78 Å². The molecule has 8 nitrogen and oxygen atoms in total. The highest BCUT2D eigenvalue weighted by atomic mass is 79.9. The van der Waals surface area contributed by atoms with E-state index in [1.807, 2.05) is 0 Å². The number of Topliss-reactive ketones (excluding diaryl/α,β-unsaturated/α-hetero) is 2. The van der Waals surface area contributed by atoms with Gasteiger partial charge in [0.25, 0.3) is 0 Å². The zero-order chi connectivity index (χ0) is 20.3. The molecule has 0 saturated carbocycles. The van der Waals surface area contributed by atoms with Crippen LogP contribution in [0.3, 0.4) is 0 Å². The number of benzene rings is 1. The lowest BCUT2D eigenvalue weighted by Crippen LogP contribution is -2.20. The van der Waals surface area contributed by atoms with Gasteiger partial charge in [-0.1, -0.05) is 15.9 Å². The van der Waals surface area contributed by atoms with Gasteiger partial charge in [0.15, 0.2) is 5.78 Å². The van der Waals surface area contributed by atoms with Gasteiger partial charge in [0.05, 0.1) is 25.8 Å². The van der Waals surface area contributed by atoms with Crippen molar-refractivity contribution in [2.24, 2.45) is 0 Å². The first-order valence-electron chi connectivity index (χ1n) is 8.37. The maximum Gasteiger partial charge on any atom is 0.328 e. The second-order valence-electron chi connectivity index (χ2n) is 5.91. The van der Waals surface area contributed by atoms with Gasteiger partial charge in [0.1, 0.15) is 17.1 Å². The molecule has 0 fully saturated rings. The third-order valence-electron chi connectivity index (χ3n) is 4.08. The summed E-state index contributed by atoms with van der Waals surface area (Å²) in [7, 11) is 2.87. The molecule has 1 aliphatic rings. The fraction of sp³-hybridized carbons (Fsp3) is 0.263. The molecule has 9 heteroatoms. The number of ketones is 2. The van der Waals surface area contributed by atoms with Crippen molar-refractivity contribution in [3.8, 4) is 23.5 Å². The standard InChI is InChI=1S/C19H17BrN2O6/c1-26-15-9-16(27-2)22-19(21-15)28-14-7-6-10(20)8-11(14)18(25)17-12(23)4-3-5-13(17)24/h6-9,23H,3-5H2,1-2H3. The van der Waals surface area contributed by atoms with E-state index in [-0.39, 0.29) is 59.0 Å². The Hall–Kier alpha value is -2.94. The van der Waals surface area contributed by atoms with Crippen molar-refractivity contribution in [2.75, 3.05) is 14.2 Å². The molecule has 1 N–H and O–H groups in total. The van der Waals surface area contributed by atoms with Gasteiger partial charge in [-0.05, 0) is 24.6 Å². The van der Waals surface area contributed by atoms with Crippen LogP contribution in [0, 0.1) is 0 Å². The van der Waals surface area contributed by atoms with Crippen LogP contribution >= 0.6 is 15.9 Å². The number of aliphatic hydroxyl groups is 1. The predicted octanol–water partition coefficient (Wildman–Crippen LogP) is 3.80. The van der Waals surface area contributed by atoms with E-state index >= 15 is 0 Å². The molecule has 1 aromatic carbocycles. The number of nitrogens with zero attached hydrogens (tertiary/aromatic N) is 2. The summed E-state index contributed by atoms with van der Waals surface area (Å²) in [6.07, 6.45) is 1.01. The molecule has 0 radical (unpaired) electrons. The molecule has 0 spiro atoms. The van der Waals surface area contributed by atoms with Crippen molar-refractivity contribution in [3.05, 3.63) is 45.6 Å². The maximum atomic E-state index is 13.0. The molecular formula is C19H17BrN2O6. The molecule has 0 aliphatic heterocycles. The molecule has 0 atom stereocenters.